The highest BCUT2D eigenvalue weighted by molar-refractivity contribution is 5.87. The van der Waals surface area contributed by atoms with Crippen molar-refractivity contribution in [2.24, 2.45) is 5.73 Å². The first-order valence-corrected chi connectivity index (χ1v) is 21.9. The summed E-state index contributed by atoms with van der Waals surface area (Å²) in [6.45, 7) is 7.70. The second-order valence-electron chi connectivity index (χ2n) is 14.6. The number of unbranched alkanes of at least 4 members (excludes halogenated alkanes) is 19. The van der Waals surface area contributed by atoms with Crippen LogP contribution in [0.3, 0.4) is 0 Å². The third kappa shape index (κ3) is 32.3. The summed E-state index contributed by atoms with van der Waals surface area (Å²) in [6, 6.07) is 0. The summed E-state index contributed by atoms with van der Waals surface area (Å²) in [6.07, 6.45) is 50.7. The molecule has 0 aromatic rings. The summed E-state index contributed by atoms with van der Waals surface area (Å²) in [5.41, 5.74) is 4.62. The quantitative estimate of drug-likeness (QED) is 0.0379. The minimum Gasteiger partial charge on any atom is -0.449 e. The number of hydrogen-bond acceptors (Lipinski definition) is 4. The van der Waals surface area contributed by atoms with Crippen LogP contribution in [0.5, 0.6) is 0 Å². The summed E-state index contributed by atoms with van der Waals surface area (Å²) in [5.74, 6) is -0.381. The van der Waals surface area contributed by atoms with Gasteiger partial charge in [-0.15, -0.1) is 0 Å². The molecular weight excluding hydrogens is 629 g/mol. The molecule has 0 aliphatic carbocycles. The van der Waals surface area contributed by atoms with Crippen LogP contribution in [0.4, 0.5) is 0 Å². The number of nitrogens with one attached hydrogen (secondary N) is 1. The Kier molecular flexibility index (Phi) is 37.4. The Hall–Kier alpha value is -2.14. The molecule has 51 heavy (non-hydrogen) atoms. The van der Waals surface area contributed by atoms with Gasteiger partial charge in [0.25, 0.3) is 5.91 Å². The lowest BCUT2D eigenvalue weighted by molar-refractivity contribution is -0.171. The molecule has 0 fully saturated rings. The molecule has 0 radical (unpaired) electrons. The average molecular weight is 713 g/mol. The molecule has 0 heterocycles. The third-order valence-electron chi connectivity index (χ3n) is 9.69. The molecule has 5 nitrogen and oxygen atoms in total. The van der Waals surface area contributed by atoms with E-state index in [-0.39, 0.29) is 18.3 Å². The van der Waals surface area contributed by atoms with Crippen LogP contribution in [-0.4, -0.2) is 30.6 Å². The fourth-order valence-electron chi connectivity index (χ4n) is 6.35. The van der Waals surface area contributed by atoms with Crippen LogP contribution in [0.2, 0.25) is 0 Å². The zero-order chi connectivity index (χ0) is 37.4. The van der Waals surface area contributed by atoms with Crippen molar-refractivity contribution in [3.63, 3.8) is 0 Å². The topological polar surface area (TPSA) is 81.4 Å². The van der Waals surface area contributed by atoms with Crippen molar-refractivity contribution in [1.82, 2.24) is 5.32 Å². The van der Waals surface area contributed by atoms with E-state index in [2.05, 4.69) is 74.7 Å². The first-order valence-electron chi connectivity index (χ1n) is 21.9. The van der Waals surface area contributed by atoms with Gasteiger partial charge >= 0.3 is 5.97 Å². The van der Waals surface area contributed by atoms with Crippen molar-refractivity contribution < 1.29 is 14.3 Å². The highest BCUT2D eigenvalue weighted by Crippen LogP contribution is 2.29. The predicted molar refractivity (Wildman–Crippen MR) is 223 cm³/mol. The SMILES string of the molecule is CCCCC/C=C\C/C=C\CCCCCCCCC(CCCCCCCC/C=C\C/C=C\CCCCC)(OC(=O)CCCN)C(=O)NCCCC. The fourth-order valence-corrected chi connectivity index (χ4v) is 6.35. The standard InChI is InChI=1S/C46H84N2O3/c1-4-7-10-12-14-16-18-20-22-24-26-28-30-32-34-36-40-46(45(50)48-43-9-6-3,51-44(49)39-38-42-47)41-37-35-33-31-29-27-25-23-21-19-17-15-13-11-8-5-2/h14-17,20-23H,4-13,18-19,24-43,47H2,1-3H3,(H,48,50)/b16-14-,17-15-,22-20-,23-21-. The Morgan fingerprint density at radius 1 is 0.510 bits per heavy atom. The second-order valence-corrected chi connectivity index (χ2v) is 14.6. The maximum Gasteiger partial charge on any atom is 0.306 e. The number of carbonyl (C=O) groups is 2. The Balaban J connectivity index is 4.71. The molecule has 0 aliphatic heterocycles. The van der Waals surface area contributed by atoms with Crippen LogP contribution in [0.25, 0.3) is 0 Å². The monoisotopic (exact) mass is 713 g/mol. The third-order valence-corrected chi connectivity index (χ3v) is 9.69. The van der Waals surface area contributed by atoms with E-state index in [1.54, 1.807) is 0 Å². The molecule has 0 saturated heterocycles. The second kappa shape index (κ2) is 39.1. The van der Waals surface area contributed by atoms with Crippen LogP contribution >= 0.6 is 0 Å². The number of nitrogens with two attached hydrogens (primary N) is 1. The summed E-state index contributed by atoms with van der Waals surface area (Å²) < 4.78 is 6.15. The van der Waals surface area contributed by atoms with Gasteiger partial charge in [-0.25, -0.2) is 0 Å². The van der Waals surface area contributed by atoms with Crippen molar-refractivity contribution in [3.8, 4) is 0 Å². The normalized spacial score (nSPS) is 12.3. The fraction of sp³-hybridized carbons (Fsp3) is 0.783. The smallest absolute Gasteiger partial charge is 0.306 e. The molecule has 0 bridgehead atoms. The molecule has 0 atom stereocenters. The van der Waals surface area contributed by atoms with E-state index in [1.165, 1.54) is 89.9 Å². The van der Waals surface area contributed by atoms with Gasteiger partial charge in [-0.1, -0.05) is 153 Å². The van der Waals surface area contributed by atoms with Crippen molar-refractivity contribution in [3.05, 3.63) is 48.6 Å². The van der Waals surface area contributed by atoms with Gasteiger partial charge in [-0.3, -0.25) is 9.59 Å². The Labute approximate surface area is 317 Å². The summed E-state index contributed by atoms with van der Waals surface area (Å²) >= 11 is 0. The molecule has 0 aromatic carbocycles. The molecule has 0 spiro atoms. The van der Waals surface area contributed by atoms with E-state index in [4.69, 9.17) is 10.5 Å². The van der Waals surface area contributed by atoms with Gasteiger partial charge in [0, 0.05) is 13.0 Å². The van der Waals surface area contributed by atoms with E-state index >= 15 is 0 Å². The minimum atomic E-state index is -1.07. The van der Waals surface area contributed by atoms with Crippen LogP contribution in [-0.2, 0) is 14.3 Å². The van der Waals surface area contributed by atoms with Crippen LogP contribution in [0.1, 0.15) is 213 Å². The Bertz CT molecular complexity index is 843. The van der Waals surface area contributed by atoms with E-state index in [0.29, 0.717) is 32.4 Å². The molecule has 5 heteroatoms. The maximum atomic E-state index is 13.7. The van der Waals surface area contributed by atoms with E-state index in [9.17, 15) is 9.59 Å². The predicted octanol–water partition coefficient (Wildman–Crippen LogP) is 13.3. The van der Waals surface area contributed by atoms with Crippen molar-refractivity contribution >= 4 is 11.9 Å². The van der Waals surface area contributed by atoms with Crippen LogP contribution in [0, 0.1) is 0 Å². The molecule has 0 rings (SSSR count). The first-order chi connectivity index (χ1) is 25.1. The number of hydrogen-bond donors (Lipinski definition) is 2. The summed E-state index contributed by atoms with van der Waals surface area (Å²) in [7, 11) is 0. The number of rotatable bonds is 38. The van der Waals surface area contributed by atoms with E-state index in [1.807, 2.05) is 0 Å². The number of amides is 1. The molecule has 0 saturated carbocycles. The lowest BCUT2D eigenvalue weighted by Gasteiger charge is -2.33. The van der Waals surface area contributed by atoms with Gasteiger partial charge < -0.3 is 15.8 Å². The average Bonchev–Trinajstić information content (AvgIpc) is 3.13. The van der Waals surface area contributed by atoms with Gasteiger partial charge in [-0.2, -0.15) is 0 Å². The minimum absolute atomic E-state index is 0.0952. The number of esters is 1. The van der Waals surface area contributed by atoms with Crippen LogP contribution < -0.4 is 11.1 Å². The summed E-state index contributed by atoms with van der Waals surface area (Å²) in [5, 5.41) is 3.13. The Morgan fingerprint density at radius 2 is 0.902 bits per heavy atom. The highest BCUT2D eigenvalue weighted by Gasteiger charge is 2.41. The number of allylic oxidation sites excluding steroid dienone is 8. The van der Waals surface area contributed by atoms with E-state index < -0.39 is 5.60 Å². The number of ether oxygens (including phenoxy) is 1. The first kappa shape index (κ1) is 48.9. The molecule has 0 aromatic heterocycles. The van der Waals surface area contributed by atoms with Crippen LogP contribution in [0.15, 0.2) is 48.6 Å². The van der Waals surface area contributed by atoms with Crippen molar-refractivity contribution in [1.29, 1.82) is 0 Å². The van der Waals surface area contributed by atoms with Crippen molar-refractivity contribution in [2.45, 2.75) is 219 Å². The highest BCUT2D eigenvalue weighted by atomic mass is 16.6. The maximum absolute atomic E-state index is 13.7. The van der Waals surface area contributed by atoms with Gasteiger partial charge in [0.15, 0.2) is 5.60 Å². The molecule has 296 valence electrons. The Morgan fingerprint density at radius 3 is 1.31 bits per heavy atom. The summed E-state index contributed by atoms with van der Waals surface area (Å²) in [4.78, 5) is 26.6. The van der Waals surface area contributed by atoms with Crippen molar-refractivity contribution in [2.75, 3.05) is 13.1 Å². The zero-order valence-corrected chi connectivity index (χ0v) is 34.0. The lowest BCUT2D eigenvalue weighted by Crippen LogP contribution is -2.50. The molecule has 1 amide bonds. The largest absolute Gasteiger partial charge is 0.449 e. The van der Waals surface area contributed by atoms with Gasteiger partial charge in [-0.05, 0) is 109 Å². The number of carbonyl (C=O) groups excluding carboxylic acids is 2. The molecule has 0 aliphatic rings. The molecular formula is C46H84N2O3. The lowest BCUT2D eigenvalue weighted by atomic mass is 9.88. The van der Waals surface area contributed by atoms with Gasteiger partial charge in [0.05, 0.1) is 0 Å². The molecule has 3 N–H and O–H groups in total. The van der Waals surface area contributed by atoms with E-state index in [0.717, 1.165) is 77.0 Å². The van der Waals surface area contributed by atoms with Gasteiger partial charge in [0.1, 0.15) is 0 Å². The zero-order valence-electron chi connectivity index (χ0n) is 34.0. The van der Waals surface area contributed by atoms with Gasteiger partial charge in [0.2, 0.25) is 0 Å². The molecule has 0 unspecified atom stereocenters.